The van der Waals surface area contributed by atoms with Crippen molar-refractivity contribution in [2.75, 3.05) is 38.0 Å². The number of carbonyl (C=O) groups is 2. The Kier molecular flexibility index (Phi) is 7.52. The number of nitrogens with zero attached hydrogens (tertiary/aromatic N) is 3. The van der Waals surface area contributed by atoms with Crippen molar-refractivity contribution in [1.82, 2.24) is 15.0 Å². The van der Waals surface area contributed by atoms with Crippen LogP contribution in [0.25, 0.3) is 0 Å². The first-order valence-electron chi connectivity index (χ1n) is 9.62. The van der Waals surface area contributed by atoms with E-state index in [-0.39, 0.29) is 18.4 Å². The summed E-state index contributed by atoms with van der Waals surface area (Å²) in [4.78, 5) is 29.4. The maximum Gasteiger partial charge on any atom is 0.254 e. The van der Waals surface area contributed by atoms with Gasteiger partial charge in [0.1, 0.15) is 12.3 Å². The molecule has 1 aliphatic heterocycles. The number of benzene rings is 1. The van der Waals surface area contributed by atoms with Crippen LogP contribution in [-0.4, -0.2) is 59.5 Å². The number of aromatic nitrogens is 1. The molecule has 1 fully saturated rings. The highest BCUT2D eigenvalue weighted by Crippen LogP contribution is 2.23. The fourth-order valence-electron chi connectivity index (χ4n) is 3.29. The Morgan fingerprint density at radius 1 is 1.17 bits per heavy atom. The van der Waals surface area contributed by atoms with Crippen molar-refractivity contribution in [3.05, 3.63) is 45.6 Å². The van der Waals surface area contributed by atoms with Gasteiger partial charge in [0.2, 0.25) is 5.91 Å². The summed E-state index contributed by atoms with van der Waals surface area (Å²) >= 11 is 12.0. The minimum absolute atomic E-state index is 0.0984. The van der Waals surface area contributed by atoms with Gasteiger partial charge in [-0.05, 0) is 51.1 Å². The summed E-state index contributed by atoms with van der Waals surface area (Å²) in [5, 5.41) is 7.09. The number of hydrogen-bond acceptors (Lipinski definition) is 5. The number of likely N-dealkylation sites (tertiary alicyclic amines) is 1. The van der Waals surface area contributed by atoms with Gasteiger partial charge in [-0.25, -0.2) is 0 Å². The number of carbonyl (C=O) groups excluding carboxylic acids is 2. The van der Waals surface area contributed by atoms with Gasteiger partial charge in [-0.1, -0.05) is 34.8 Å². The molecule has 1 aromatic carbocycles. The van der Waals surface area contributed by atoms with E-state index in [2.05, 4.69) is 15.4 Å². The van der Waals surface area contributed by atoms with E-state index in [1.165, 1.54) is 17.4 Å². The predicted octanol–water partition coefficient (Wildman–Crippen LogP) is 3.86. The fraction of sp³-hybridized carbons (Fsp3) is 0.450. The zero-order chi connectivity index (χ0) is 20.8. The molecule has 2 amide bonds. The van der Waals surface area contributed by atoms with Crippen LogP contribution in [0.5, 0.6) is 0 Å². The highest BCUT2D eigenvalue weighted by Gasteiger charge is 2.22. The summed E-state index contributed by atoms with van der Waals surface area (Å²) in [6, 6.07) is 6.34. The number of halogens is 2. The molecule has 7 nitrogen and oxygen atoms in total. The second kappa shape index (κ2) is 10.1. The van der Waals surface area contributed by atoms with Gasteiger partial charge in [0.15, 0.2) is 5.82 Å². The summed E-state index contributed by atoms with van der Waals surface area (Å²) in [7, 11) is 0. The summed E-state index contributed by atoms with van der Waals surface area (Å²) in [5.74, 6) is 0.303. The predicted molar refractivity (Wildman–Crippen MR) is 113 cm³/mol. The van der Waals surface area contributed by atoms with Gasteiger partial charge < -0.3 is 19.6 Å². The van der Waals surface area contributed by atoms with Crippen molar-refractivity contribution in [2.45, 2.75) is 26.2 Å². The summed E-state index contributed by atoms with van der Waals surface area (Å²) in [6.07, 6.45) is 3.56. The molecule has 3 rings (SSSR count). The van der Waals surface area contributed by atoms with Crippen molar-refractivity contribution in [3.8, 4) is 0 Å². The molecule has 0 unspecified atom stereocenters. The highest BCUT2D eigenvalue weighted by molar-refractivity contribution is 6.42. The summed E-state index contributed by atoms with van der Waals surface area (Å²) in [6.45, 7) is 4.81. The Balaban J connectivity index is 1.69. The fourth-order valence-corrected chi connectivity index (χ4v) is 3.59. The molecule has 1 aliphatic rings. The standard InChI is InChI=1S/C20H24Cl2N4O3/c1-14-11-18(24-29-14)23-19(27)13-26(10-9-25-7-3-2-4-8-25)20(28)15-5-6-16(21)17(22)12-15/h5-6,11-12H,2-4,7-10,13H2,1H3,(H,23,24,27). The minimum atomic E-state index is -0.342. The molecule has 0 aliphatic carbocycles. The molecule has 29 heavy (non-hydrogen) atoms. The van der Waals surface area contributed by atoms with Crippen LogP contribution in [0.1, 0.15) is 35.4 Å². The first-order valence-corrected chi connectivity index (χ1v) is 10.4. The van der Waals surface area contributed by atoms with Gasteiger partial charge in [0.25, 0.3) is 5.91 Å². The van der Waals surface area contributed by atoms with E-state index in [4.69, 9.17) is 27.7 Å². The van der Waals surface area contributed by atoms with E-state index in [0.717, 1.165) is 25.9 Å². The Morgan fingerprint density at radius 2 is 1.93 bits per heavy atom. The SMILES string of the molecule is Cc1cc(NC(=O)CN(CCN2CCCCC2)C(=O)c2ccc(Cl)c(Cl)c2)no1. The average Bonchev–Trinajstić information content (AvgIpc) is 3.12. The van der Waals surface area contributed by atoms with Crippen LogP contribution in [0, 0.1) is 6.92 Å². The molecule has 0 saturated carbocycles. The van der Waals surface area contributed by atoms with Crippen molar-refractivity contribution >= 4 is 40.8 Å². The molecule has 0 spiro atoms. The molecule has 2 heterocycles. The molecule has 0 atom stereocenters. The molecular formula is C20H24Cl2N4O3. The lowest BCUT2D eigenvalue weighted by atomic mass is 10.1. The van der Waals surface area contributed by atoms with Gasteiger partial charge in [-0.3, -0.25) is 9.59 Å². The van der Waals surface area contributed by atoms with Gasteiger partial charge in [0.05, 0.1) is 10.0 Å². The van der Waals surface area contributed by atoms with E-state index in [1.807, 2.05) is 0 Å². The first kappa shape index (κ1) is 21.6. The molecule has 2 aromatic rings. The van der Waals surface area contributed by atoms with Gasteiger partial charge in [0, 0.05) is 24.7 Å². The van der Waals surface area contributed by atoms with E-state index >= 15 is 0 Å². The van der Waals surface area contributed by atoms with E-state index < -0.39 is 0 Å². The van der Waals surface area contributed by atoms with Crippen molar-refractivity contribution in [2.24, 2.45) is 0 Å². The molecule has 0 bridgehead atoms. The lowest BCUT2D eigenvalue weighted by molar-refractivity contribution is -0.117. The normalized spacial score (nSPS) is 14.6. The van der Waals surface area contributed by atoms with Gasteiger partial charge in [-0.2, -0.15) is 0 Å². The number of aryl methyl sites for hydroxylation is 1. The zero-order valence-electron chi connectivity index (χ0n) is 16.3. The Bertz CT molecular complexity index is 865. The Labute approximate surface area is 179 Å². The maximum absolute atomic E-state index is 13.1. The summed E-state index contributed by atoms with van der Waals surface area (Å²) in [5.41, 5.74) is 0.392. The molecule has 1 aromatic heterocycles. The number of rotatable bonds is 7. The quantitative estimate of drug-likeness (QED) is 0.709. The lowest BCUT2D eigenvalue weighted by Crippen LogP contribution is -2.43. The van der Waals surface area contributed by atoms with Crippen LogP contribution in [-0.2, 0) is 4.79 Å². The Morgan fingerprint density at radius 3 is 2.59 bits per heavy atom. The van der Waals surface area contributed by atoms with Crippen molar-refractivity contribution < 1.29 is 14.1 Å². The van der Waals surface area contributed by atoms with E-state index in [1.54, 1.807) is 25.1 Å². The molecule has 0 radical (unpaired) electrons. The third kappa shape index (κ3) is 6.19. The van der Waals surface area contributed by atoms with Crippen molar-refractivity contribution in [1.29, 1.82) is 0 Å². The van der Waals surface area contributed by atoms with E-state index in [0.29, 0.717) is 40.3 Å². The molecule has 9 heteroatoms. The van der Waals surface area contributed by atoms with Gasteiger partial charge >= 0.3 is 0 Å². The number of piperidine rings is 1. The molecule has 1 saturated heterocycles. The second-order valence-corrected chi connectivity index (χ2v) is 7.94. The molecular weight excluding hydrogens is 415 g/mol. The topological polar surface area (TPSA) is 78.7 Å². The summed E-state index contributed by atoms with van der Waals surface area (Å²) < 4.78 is 4.96. The number of anilines is 1. The number of amides is 2. The zero-order valence-corrected chi connectivity index (χ0v) is 17.8. The lowest BCUT2D eigenvalue weighted by Gasteiger charge is -2.30. The number of nitrogens with one attached hydrogen (secondary N) is 1. The van der Waals surface area contributed by atoms with Crippen LogP contribution in [0.2, 0.25) is 10.0 Å². The van der Waals surface area contributed by atoms with E-state index in [9.17, 15) is 9.59 Å². The maximum atomic E-state index is 13.1. The largest absolute Gasteiger partial charge is 0.360 e. The van der Waals surface area contributed by atoms with Crippen LogP contribution in [0.4, 0.5) is 5.82 Å². The molecule has 156 valence electrons. The minimum Gasteiger partial charge on any atom is -0.360 e. The highest BCUT2D eigenvalue weighted by atomic mass is 35.5. The van der Waals surface area contributed by atoms with Crippen LogP contribution < -0.4 is 5.32 Å². The monoisotopic (exact) mass is 438 g/mol. The third-order valence-corrected chi connectivity index (χ3v) is 5.56. The Hall–Kier alpha value is -2.09. The second-order valence-electron chi connectivity index (χ2n) is 7.13. The van der Waals surface area contributed by atoms with Crippen LogP contribution in [0.15, 0.2) is 28.8 Å². The smallest absolute Gasteiger partial charge is 0.254 e. The number of hydrogen-bond donors (Lipinski definition) is 1. The molecule has 1 N–H and O–H groups in total. The van der Waals surface area contributed by atoms with Crippen LogP contribution in [0.3, 0.4) is 0 Å². The van der Waals surface area contributed by atoms with Gasteiger partial charge in [-0.15, -0.1) is 0 Å². The van der Waals surface area contributed by atoms with Crippen LogP contribution >= 0.6 is 23.2 Å². The van der Waals surface area contributed by atoms with Crippen molar-refractivity contribution in [3.63, 3.8) is 0 Å². The third-order valence-electron chi connectivity index (χ3n) is 4.82. The first-order chi connectivity index (χ1) is 13.9. The average molecular weight is 439 g/mol.